The van der Waals surface area contributed by atoms with Crippen LogP contribution in [0.25, 0.3) is 0 Å². The Morgan fingerprint density at radius 3 is 2.63 bits per heavy atom. The maximum atomic E-state index is 5.96. The third-order valence-electron chi connectivity index (χ3n) is 3.22. The third kappa shape index (κ3) is 5.49. The molecule has 1 aromatic carbocycles. The van der Waals surface area contributed by atoms with Crippen molar-refractivity contribution in [2.24, 2.45) is 0 Å². The predicted molar refractivity (Wildman–Crippen MR) is 77.7 cm³/mol. The van der Waals surface area contributed by atoms with Gasteiger partial charge in [-0.2, -0.15) is 0 Å². The molecule has 0 radical (unpaired) electrons. The van der Waals surface area contributed by atoms with E-state index < -0.39 is 0 Å². The molecule has 2 rings (SSSR count). The van der Waals surface area contributed by atoms with Crippen LogP contribution in [0.1, 0.15) is 30.9 Å². The average molecular weight is 284 g/mol. The largest absolute Gasteiger partial charge is 0.385 e. The number of nitrogens with one attached hydrogen (secondary N) is 1. The van der Waals surface area contributed by atoms with Gasteiger partial charge in [0.05, 0.1) is 6.10 Å². The van der Waals surface area contributed by atoms with Gasteiger partial charge < -0.3 is 14.8 Å². The lowest BCUT2D eigenvalue weighted by molar-refractivity contribution is 0.0386. The molecule has 1 N–H and O–H groups in total. The number of hydrogen-bond donors (Lipinski definition) is 1. The van der Waals surface area contributed by atoms with Crippen molar-refractivity contribution < 1.29 is 9.47 Å². The molecule has 0 bridgehead atoms. The molecule has 1 saturated carbocycles. The van der Waals surface area contributed by atoms with Crippen LogP contribution < -0.4 is 5.32 Å². The van der Waals surface area contributed by atoms with Crippen molar-refractivity contribution in [2.75, 3.05) is 26.9 Å². The van der Waals surface area contributed by atoms with E-state index in [0.29, 0.717) is 12.6 Å². The molecule has 1 aromatic rings. The first-order valence-corrected chi connectivity index (χ1v) is 7.27. The fourth-order valence-electron chi connectivity index (χ4n) is 1.94. The first-order valence-electron chi connectivity index (χ1n) is 6.89. The average Bonchev–Trinajstić information content (AvgIpc) is 3.23. The second-order valence-corrected chi connectivity index (χ2v) is 5.38. The minimum absolute atomic E-state index is 0.0923. The zero-order valence-corrected chi connectivity index (χ0v) is 12.2. The summed E-state index contributed by atoms with van der Waals surface area (Å²) in [5.41, 5.74) is 1.18. The van der Waals surface area contributed by atoms with Gasteiger partial charge in [0.15, 0.2) is 0 Å². The number of ether oxygens (including phenoxy) is 2. The van der Waals surface area contributed by atoms with Gasteiger partial charge in [0.1, 0.15) is 0 Å². The summed E-state index contributed by atoms with van der Waals surface area (Å²) < 4.78 is 11.0. The minimum Gasteiger partial charge on any atom is -0.385 e. The molecular formula is C15H22ClNO2. The molecule has 1 atom stereocenters. The molecule has 1 fully saturated rings. The first-order chi connectivity index (χ1) is 9.29. The summed E-state index contributed by atoms with van der Waals surface area (Å²) in [4.78, 5) is 0. The van der Waals surface area contributed by atoms with Gasteiger partial charge in [-0.3, -0.25) is 0 Å². The van der Waals surface area contributed by atoms with Gasteiger partial charge in [-0.15, -0.1) is 0 Å². The van der Waals surface area contributed by atoms with Gasteiger partial charge in [0, 0.05) is 37.9 Å². The second-order valence-electron chi connectivity index (χ2n) is 4.94. The number of hydrogen-bond acceptors (Lipinski definition) is 3. The Hall–Kier alpha value is -0.610. The van der Waals surface area contributed by atoms with Crippen molar-refractivity contribution in [1.82, 2.24) is 5.32 Å². The highest BCUT2D eigenvalue weighted by Gasteiger charge is 2.22. The zero-order valence-electron chi connectivity index (χ0n) is 11.4. The molecule has 106 valence electrons. The molecule has 3 nitrogen and oxygen atoms in total. The maximum absolute atomic E-state index is 5.96. The highest BCUT2D eigenvalue weighted by molar-refractivity contribution is 6.30. The summed E-state index contributed by atoms with van der Waals surface area (Å²) in [5, 5.41) is 4.28. The van der Waals surface area contributed by atoms with Crippen LogP contribution in [-0.2, 0) is 9.47 Å². The Kier molecular flexibility index (Phi) is 6.11. The van der Waals surface area contributed by atoms with E-state index >= 15 is 0 Å². The van der Waals surface area contributed by atoms with E-state index in [1.54, 1.807) is 7.11 Å². The van der Waals surface area contributed by atoms with Crippen molar-refractivity contribution in [3.05, 3.63) is 34.9 Å². The molecular weight excluding hydrogens is 262 g/mol. The Morgan fingerprint density at radius 1 is 1.26 bits per heavy atom. The van der Waals surface area contributed by atoms with Gasteiger partial charge in [0.2, 0.25) is 0 Å². The van der Waals surface area contributed by atoms with Crippen LogP contribution in [0.5, 0.6) is 0 Å². The molecule has 0 spiro atoms. The molecule has 0 amide bonds. The van der Waals surface area contributed by atoms with E-state index in [4.69, 9.17) is 21.1 Å². The van der Waals surface area contributed by atoms with E-state index in [-0.39, 0.29) is 6.10 Å². The SMILES string of the molecule is COCCCOC(CNC1CC1)c1ccc(Cl)cc1. The molecule has 0 saturated heterocycles. The summed E-state index contributed by atoms with van der Waals surface area (Å²) in [6.45, 7) is 2.32. The van der Waals surface area contributed by atoms with Crippen LogP contribution in [0, 0.1) is 0 Å². The topological polar surface area (TPSA) is 30.5 Å². The molecule has 1 aliphatic rings. The highest BCUT2D eigenvalue weighted by Crippen LogP contribution is 2.23. The Balaban J connectivity index is 1.85. The highest BCUT2D eigenvalue weighted by atomic mass is 35.5. The fourth-order valence-corrected chi connectivity index (χ4v) is 2.07. The standard InChI is InChI=1S/C15H22ClNO2/c1-18-9-2-10-19-15(11-17-14-7-8-14)12-3-5-13(16)6-4-12/h3-6,14-15,17H,2,7-11H2,1H3. The van der Waals surface area contributed by atoms with Crippen molar-refractivity contribution >= 4 is 11.6 Å². The quantitative estimate of drug-likeness (QED) is 0.706. The Morgan fingerprint density at radius 2 is 2.00 bits per heavy atom. The normalized spacial score (nSPS) is 16.5. The molecule has 0 heterocycles. The summed E-state index contributed by atoms with van der Waals surface area (Å²) >= 11 is 5.93. The zero-order chi connectivity index (χ0) is 13.5. The minimum atomic E-state index is 0.0923. The Labute approximate surface area is 120 Å². The van der Waals surface area contributed by atoms with Crippen molar-refractivity contribution in [3.63, 3.8) is 0 Å². The van der Waals surface area contributed by atoms with E-state index in [2.05, 4.69) is 5.32 Å². The lowest BCUT2D eigenvalue weighted by Crippen LogP contribution is -2.25. The van der Waals surface area contributed by atoms with Gasteiger partial charge >= 0.3 is 0 Å². The van der Waals surface area contributed by atoms with E-state index in [1.807, 2.05) is 24.3 Å². The molecule has 1 aliphatic carbocycles. The van der Waals surface area contributed by atoms with Gasteiger partial charge in [-0.1, -0.05) is 23.7 Å². The summed E-state index contributed by atoms with van der Waals surface area (Å²) in [6.07, 6.45) is 3.59. The van der Waals surface area contributed by atoms with Crippen molar-refractivity contribution in [1.29, 1.82) is 0 Å². The van der Waals surface area contributed by atoms with E-state index in [1.165, 1.54) is 18.4 Å². The molecule has 0 aromatic heterocycles. The molecule has 4 heteroatoms. The van der Waals surface area contributed by atoms with Crippen LogP contribution in [-0.4, -0.2) is 32.9 Å². The summed E-state index contributed by atoms with van der Waals surface area (Å²) in [6, 6.07) is 8.60. The second kappa shape index (κ2) is 7.85. The monoisotopic (exact) mass is 283 g/mol. The van der Waals surface area contributed by atoms with Crippen LogP contribution in [0.3, 0.4) is 0 Å². The number of benzene rings is 1. The fraction of sp³-hybridized carbons (Fsp3) is 0.600. The van der Waals surface area contributed by atoms with Gasteiger partial charge in [-0.05, 0) is 37.0 Å². The van der Waals surface area contributed by atoms with Crippen molar-refractivity contribution in [3.8, 4) is 0 Å². The van der Waals surface area contributed by atoms with Crippen LogP contribution >= 0.6 is 11.6 Å². The van der Waals surface area contributed by atoms with Crippen LogP contribution in [0.15, 0.2) is 24.3 Å². The first kappa shape index (κ1) is 14.8. The lowest BCUT2D eigenvalue weighted by Gasteiger charge is -2.19. The number of methoxy groups -OCH3 is 1. The summed E-state index contributed by atoms with van der Waals surface area (Å²) in [7, 11) is 1.71. The lowest BCUT2D eigenvalue weighted by atomic mass is 10.1. The smallest absolute Gasteiger partial charge is 0.0949 e. The molecule has 0 aliphatic heterocycles. The van der Waals surface area contributed by atoms with Crippen molar-refractivity contribution in [2.45, 2.75) is 31.4 Å². The van der Waals surface area contributed by atoms with Gasteiger partial charge in [-0.25, -0.2) is 0 Å². The number of halogens is 1. The maximum Gasteiger partial charge on any atom is 0.0949 e. The third-order valence-corrected chi connectivity index (χ3v) is 3.47. The number of rotatable bonds is 9. The van der Waals surface area contributed by atoms with Crippen LogP contribution in [0.2, 0.25) is 5.02 Å². The van der Waals surface area contributed by atoms with E-state index in [9.17, 15) is 0 Å². The van der Waals surface area contributed by atoms with Gasteiger partial charge in [0.25, 0.3) is 0 Å². The summed E-state index contributed by atoms with van der Waals surface area (Å²) in [5.74, 6) is 0. The molecule has 19 heavy (non-hydrogen) atoms. The molecule has 1 unspecified atom stereocenters. The van der Waals surface area contributed by atoms with Crippen LogP contribution in [0.4, 0.5) is 0 Å². The van der Waals surface area contributed by atoms with E-state index in [0.717, 1.165) is 24.6 Å². The Bertz CT molecular complexity index is 365. The predicted octanol–water partition coefficient (Wildman–Crippen LogP) is 3.19.